The van der Waals surface area contributed by atoms with Gasteiger partial charge < -0.3 is 9.73 Å². The summed E-state index contributed by atoms with van der Waals surface area (Å²) in [5, 5.41) is 3.10. The molecular formula is C9H9N3O. The molecule has 0 radical (unpaired) electrons. The maximum Gasteiger partial charge on any atom is 0.129 e. The van der Waals surface area contributed by atoms with Crippen molar-refractivity contribution >= 4 is 5.82 Å². The van der Waals surface area contributed by atoms with E-state index in [4.69, 9.17) is 4.42 Å². The SMILES string of the molecule is c1coc(CNc2ccncn2)c1. The average molecular weight is 175 g/mol. The molecular weight excluding hydrogens is 166 g/mol. The van der Waals surface area contributed by atoms with Gasteiger partial charge in [0.05, 0.1) is 12.8 Å². The van der Waals surface area contributed by atoms with Crippen molar-refractivity contribution in [3.8, 4) is 0 Å². The zero-order valence-corrected chi connectivity index (χ0v) is 6.97. The second-order valence-corrected chi connectivity index (χ2v) is 2.53. The normalized spacial score (nSPS) is 9.85. The molecule has 0 aromatic carbocycles. The lowest BCUT2D eigenvalue weighted by Gasteiger charge is -2.00. The van der Waals surface area contributed by atoms with Crippen LogP contribution < -0.4 is 5.32 Å². The second kappa shape index (κ2) is 3.71. The first-order valence-corrected chi connectivity index (χ1v) is 3.97. The van der Waals surface area contributed by atoms with Crippen LogP contribution in [0.3, 0.4) is 0 Å². The highest BCUT2D eigenvalue weighted by atomic mass is 16.3. The van der Waals surface area contributed by atoms with Crippen LogP contribution >= 0.6 is 0 Å². The third-order valence-electron chi connectivity index (χ3n) is 1.61. The summed E-state index contributed by atoms with van der Waals surface area (Å²) in [6, 6.07) is 5.58. The number of furan rings is 1. The summed E-state index contributed by atoms with van der Waals surface area (Å²) in [6.45, 7) is 0.643. The molecule has 0 spiro atoms. The summed E-state index contributed by atoms with van der Waals surface area (Å²) in [5.41, 5.74) is 0. The van der Waals surface area contributed by atoms with Gasteiger partial charge in [-0.2, -0.15) is 0 Å². The van der Waals surface area contributed by atoms with Gasteiger partial charge in [0.15, 0.2) is 0 Å². The third-order valence-corrected chi connectivity index (χ3v) is 1.61. The van der Waals surface area contributed by atoms with E-state index in [1.807, 2.05) is 18.2 Å². The lowest BCUT2D eigenvalue weighted by Crippen LogP contribution is -1.99. The largest absolute Gasteiger partial charge is 0.467 e. The number of hydrogen-bond donors (Lipinski definition) is 1. The van der Waals surface area contributed by atoms with Crippen molar-refractivity contribution < 1.29 is 4.42 Å². The van der Waals surface area contributed by atoms with E-state index in [1.165, 1.54) is 6.33 Å². The zero-order chi connectivity index (χ0) is 8.93. The number of nitrogens with zero attached hydrogens (tertiary/aromatic N) is 2. The molecule has 0 aliphatic carbocycles. The van der Waals surface area contributed by atoms with E-state index in [0.29, 0.717) is 6.54 Å². The zero-order valence-electron chi connectivity index (χ0n) is 6.97. The minimum Gasteiger partial charge on any atom is -0.467 e. The van der Waals surface area contributed by atoms with Gasteiger partial charge in [-0.3, -0.25) is 0 Å². The number of anilines is 1. The minimum absolute atomic E-state index is 0.643. The molecule has 66 valence electrons. The van der Waals surface area contributed by atoms with Crippen molar-refractivity contribution in [3.05, 3.63) is 42.7 Å². The molecule has 0 amide bonds. The van der Waals surface area contributed by atoms with Gasteiger partial charge in [0, 0.05) is 6.20 Å². The Morgan fingerprint density at radius 3 is 3.08 bits per heavy atom. The molecule has 0 fully saturated rings. The Morgan fingerprint density at radius 2 is 2.38 bits per heavy atom. The van der Waals surface area contributed by atoms with Crippen molar-refractivity contribution in [1.29, 1.82) is 0 Å². The Bertz CT molecular complexity index is 344. The molecule has 0 bridgehead atoms. The van der Waals surface area contributed by atoms with Crippen molar-refractivity contribution in [2.24, 2.45) is 0 Å². The van der Waals surface area contributed by atoms with Gasteiger partial charge in [0.2, 0.25) is 0 Å². The fourth-order valence-corrected chi connectivity index (χ4v) is 0.986. The van der Waals surface area contributed by atoms with Gasteiger partial charge in [-0.1, -0.05) is 0 Å². The summed E-state index contributed by atoms with van der Waals surface area (Å²) in [6.07, 6.45) is 4.85. The van der Waals surface area contributed by atoms with Gasteiger partial charge in [-0.15, -0.1) is 0 Å². The van der Waals surface area contributed by atoms with Crippen LogP contribution in [0.1, 0.15) is 5.76 Å². The molecule has 0 unspecified atom stereocenters. The first-order chi connectivity index (χ1) is 6.45. The van der Waals surface area contributed by atoms with Crippen molar-refractivity contribution in [3.63, 3.8) is 0 Å². The topological polar surface area (TPSA) is 51.0 Å². The van der Waals surface area contributed by atoms with Crippen LogP contribution in [-0.2, 0) is 6.54 Å². The highest BCUT2D eigenvalue weighted by Gasteiger charge is 1.95. The Kier molecular flexibility index (Phi) is 2.22. The maximum absolute atomic E-state index is 5.15. The van der Waals surface area contributed by atoms with Crippen LogP contribution in [0, 0.1) is 0 Å². The highest BCUT2D eigenvalue weighted by Crippen LogP contribution is 2.04. The lowest BCUT2D eigenvalue weighted by molar-refractivity contribution is 0.518. The van der Waals surface area contributed by atoms with Crippen LogP contribution in [0.4, 0.5) is 5.82 Å². The van der Waals surface area contributed by atoms with Crippen LogP contribution in [0.2, 0.25) is 0 Å². The average Bonchev–Trinajstić information content (AvgIpc) is 2.69. The van der Waals surface area contributed by atoms with E-state index in [0.717, 1.165) is 11.6 Å². The quantitative estimate of drug-likeness (QED) is 0.771. The predicted octanol–water partition coefficient (Wildman–Crippen LogP) is 1.68. The van der Waals surface area contributed by atoms with E-state index < -0.39 is 0 Å². The molecule has 0 aliphatic heterocycles. The molecule has 2 aromatic heterocycles. The van der Waals surface area contributed by atoms with Crippen LogP contribution in [0.5, 0.6) is 0 Å². The van der Waals surface area contributed by atoms with Gasteiger partial charge in [-0.25, -0.2) is 9.97 Å². The molecule has 2 aromatic rings. The van der Waals surface area contributed by atoms with E-state index in [9.17, 15) is 0 Å². The van der Waals surface area contributed by atoms with Gasteiger partial charge >= 0.3 is 0 Å². The highest BCUT2D eigenvalue weighted by molar-refractivity contribution is 5.31. The minimum atomic E-state index is 0.643. The molecule has 0 saturated carbocycles. The van der Waals surface area contributed by atoms with E-state index in [1.54, 1.807) is 12.5 Å². The number of nitrogens with one attached hydrogen (secondary N) is 1. The Labute approximate surface area is 75.6 Å². The number of hydrogen-bond acceptors (Lipinski definition) is 4. The van der Waals surface area contributed by atoms with Gasteiger partial charge in [0.1, 0.15) is 17.9 Å². The fourth-order valence-electron chi connectivity index (χ4n) is 0.986. The molecule has 13 heavy (non-hydrogen) atoms. The summed E-state index contributed by atoms with van der Waals surface area (Å²) in [5.74, 6) is 1.69. The summed E-state index contributed by atoms with van der Waals surface area (Å²) < 4.78 is 5.15. The molecule has 4 heteroatoms. The standard InChI is InChI=1S/C9H9N3O/c1-2-8(13-5-1)6-11-9-3-4-10-7-12-9/h1-5,7H,6H2,(H,10,11,12). The van der Waals surface area contributed by atoms with Crippen molar-refractivity contribution in [1.82, 2.24) is 9.97 Å². The molecule has 0 aliphatic rings. The molecule has 2 heterocycles. The first kappa shape index (κ1) is 7.79. The smallest absolute Gasteiger partial charge is 0.129 e. The number of rotatable bonds is 3. The van der Waals surface area contributed by atoms with Crippen molar-refractivity contribution in [2.45, 2.75) is 6.54 Å². The van der Waals surface area contributed by atoms with E-state index >= 15 is 0 Å². The summed E-state index contributed by atoms with van der Waals surface area (Å²) >= 11 is 0. The fraction of sp³-hybridized carbons (Fsp3) is 0.111. The molecule has 4 nitrogen and oxygen atoms in total. The Morgan fingerprint density at radius 1 is 1.38 bits per heavy atom. The van der Waals surface area contributed by atoms with E-state index in [2.05, 4.69) is 15.3 Å². The van der Waals surface area contributed by atoms with Crippen LogP contribution in [0.15, 0.2) is 41.4 Å². The number of aromatic nitrogens is 2. The van der Waals surface area contributed by atoms with Crippen LogP contribution in [-0.4, -0.2) is 9.97 Å². The van der Waals surface area contributed by atoms with Gasteiger partial charge in [-0.05, 0) is 18.2 Å². The monoisotopic (exact) mass is 175 g/mol. The lowest BCUT2D eigenvalue weighted by atomic mass is 10.4. The van der Waals surface area contributed by atoms with Gasteiger partial charge in [0.25, 0.3) is 0 Å². The molecule has 1 N–H and O–H groups in total. The third kappa shape index (κ3) is 2.05. The summed E-state index contributed by atoms with van der Waals surface area (Å²) in [4.78, 5) is 7.83. The maximum atomic E-state index is 5.15. The first-order valence-electron chi connectivity index (χ1n) is 3.97. The predicted molar refractivity (Wildman–Crippen MR) is 48.1 cm³/mol. The van der Waals surface area contributed by atoms with Crippen LogP contribution in [0.25, 0.3) is 0 Å². The molecule has 2 rings (SSSR count). The molecule has 0 atom stereocenters. The summed E-state index contributed by atoms with van der Waals surface area (Å²) in [7, 11) is 0. The van der Waals surface area contributed by atoms with Crippen molar-refractivity contribution in [2.75, 3.05) is 5.32 Å². The second-order valence-electron chi connectivity index (χ2n) is 2.53. The Balaban J connectivity index is 1.94. The molecule has 0 saturated heterocycles. The van der Waals surface area contributed by atoms with E-state index in [-0.39, 0.29) is 0 Å². The Hall–Kier alpha value is -1.84.